The van der Waals surface area contributed by atoms with E-state index in [2.05, 4.69) is 17.2 Å². The van der Waals surface area contributed by atoms with Crippen LogP contribution >= 0.6 is 0 Å². The second-order valence-electron chi connectivity index (χ2n) is 9.11. The number of fused-ring (bicyclic) bond motifs is 1. The summed E-state index contributed by atoms with van der Waals surface area (Å²) >= 11 is 0. The van der Waals surface area contributed by atoms with E-state index in [4.69, 9.17) is 0 Å². The lowest BCUT2D eigenvalue weighted by atomic mass is 10.1. The van der Waals surface area contributed by atoms with Crippen molar-refractivity contribution < 1.29 is 23.7 Å². The molecule has 0 bridgehead atoms. The summed E-state index contributed by atoms with van der Waals surface area (Å²) < 4.78 is 0.596. The number of hydrogen-bond acceptors (Lipinski definition) is 4. The summed E-state index contributed by atoms with van der Waals surface area (Å²) in [5.41, 5.74) is 3.21. The lowest BCUT2D eigenvalue weighted by Gasteiger charge is -2.35. The Kier molecular flexibility index (Phi) is 6.52. The number of carbonyl (C=O) groups excluding carboxylic acids is 4. The first-order valence-corrected chi connectivity index (χ1v) is 11.3. The number of benzene rings is 2. The van der Waals surface area contributed by atoms with Crippen molar-refractivity contribution in [2.75, 3.05) is 50.1 Å². The lowest BCUT2D eigenvalue weighted by molar-refractivity contribution is -0.887. The van der Waals surface area contributed by atoms with Gasteiger partial charge in [0.15, 0.2) is 0 Å². The third-order valence-corrected chi connectivity index (χ3v) is 6.15. The van der Waals surface area contributed by atoms with Crippen molar-refractivity contribution in [2.45, 2.75) is 0 Å². The number of urea groups is 1. The lowest BCUT2D eigenvalue weighted by Crippen LogP contribution is -2.52. The first-order valence-electron chi connectivity index (χ1n) is 11.3. The van der Waals surface area contributed by atoms with Gasteiger partial charge in [-0.1, -0.05) is 24.8 Å². The zero-order valence-electron chi connectivity index (χ0n) is 19.8. The Morgan fingerprint density at radius 3 is 2.31 bits per heavy atom. The van der Waals surface area contributed by atoms with Gasteiger partial charge in [0.25, 0.3) is 17.7 Å². The molecule has 2 aromatic rings. The molecule has 4 rings (SSSR count). The standard InChI is InChI=1S/C26H27N5O4/c1-18-21-6-4-5-7-22(21)29(26(35)28-18)15-17-31(2,3)16-14-27-25(34)19-8-10-20(11-9-19)30-23(32)12-13-24(30)33/h4-13H,1,14-17H2,2-3H3,(H-,27,28,34,35)/p+1. The molecule has 0 aromatic heterocycles. The first-order chi connectivity index (χ1) is 16.7. The molecule has 0 aliphatic carbocycles. The number of rotatable bonds is 8. The third kappa shape index (κ3) is 5.15. The largest absolute Gasteiger partial charge is 0.346 e. The minimum Gasteiger partial charge on any atom is -0.346 e. The molecule has 2 aliphatic rings. The van der Waals surface area contributed by atoms with Crippen molar-refractivity contribution in [3.8, 4) is 0 Å². The van der Waals surface area contributed by atoms with E-state index in [0.717, 1.165) is 16.2 Å². The molecule has 0 saturated carbocycles. The zero-order valence-corrected chi connectivity index (χ0v) is 19.8. The zero-order chi connectivity index (χ0) is 25.2. The number of nitrogens with one attached hydrogen (secondary N) is 2. The van der Waals surface area contributed by atoms with Crippen LogP contribution in [0.5, 0.6) is 0 Å². The van der Waals surface area contributed by atoms with Crippen LogP contribution in [-0.4, -0.2) is 68.5 Å². The van der Waals surface area contributed by atoms with Gasteiger partial charge in [-0.2, -0.15) is 0 Å². The number of nitrogens with zero attached hydrogens (tertiary/aromatic N) is 3. The number of amides is 5. The van der Waals surface area contributed by atoms with E-state index in [1.54, 1.807) is 29.2 Å². The molecule has 2 aliphatic heterocycles. The van der Waals surface area contributed by atoms with E-state index in [-0.39, 0.29) is 11.9 Å². The number of para-hydroxylation sites is 1. The van der Waals surface area contributed by atoms with Crippen molar-refractivity contribution in [3.63, 3.8) is 0 Å². The predicted octanol–water partition coefficient (Wildman–Crippen LogP) is 2.12. The molecule has 2 aromatic carbocycles. The number of hydrogen-bond donors (Lipinski definition) is 2. The van der Waals surface area contributed by atoms with Gasteiger partial charge in [0.05, 0.1) is 51.6 Å². The monoisotopic (exact) mass is 474 g/mol. The fraction of sp³-hybridized carbons (Fsp3) is 0.231. The summed E-state index contributed by atoms with van der Waals surface area (Å²) in [6.07, 6.45) is 2.44. The molecule has 0 fully saturated rings. The molecule has 2 heterocycles. The Balaban J connectivity index is 1.29. The highest BCUT2D eigenvalue weighted by Crippen LogP contribution is 2.29. The van der Waals surface area contributed by atoms with Crippen LogP contribution in [-0.2, 0) is 9.59 Å². The number of likely N-dealkylation sites (N-methyl/N-ethyl adjacent to an activating group) is 1. The minimum absolute atomic E-state index is 0.196. The van der Waals surface area contributed by atoms with Crippen LogP contribution in [0.15, 0.2) is 67.3 Å². The van der Waals surface area contributed by atoms with Gasteiger partial charge in [-0.15, -0.1) is 0 Å². The molecule has 0 saturated heterocycles. The molecule has 0 radical (unpaired) electrons. The summed E-state index contributed by atoms with van der Waals surface area (Å²) in [4.78, 5) is 51.5. The third-order valence-electron chi connectivity index (χ3n) is 6.15. The van der Waals surface area contributed by atoms with Crippen molar-refractivity contribution in [1.82, 2.24) is 10.6 Å². The van der Waals surface area contributed by atoms with Gasteiger partial charge in [0, 0.05) is 29.0 Å². The van der Waals surface area contributed by atoms with Crippen LogP contribution in [0, 0.1) is 0 Å². The normalized spacial score (nSPS) is 15.4. The molecule has 35 heavy (non-hydrogen) atoms. The molecular formula is C26H28N5O4+. The average molecular weight is 475 g/mol. The summed E-state index contributed by atoms with van der Waals surface area (Å²) in [7, 11) is 4.09. The van der Waals surface area contributed by atoms with Gasteiger partial charge < -0.3 is 15.1 Å². The van der Waals surface area contributed by atoms with E-state index in [9.17, 15) is 19.2 Å². The molecule has 9 heteroatoms. The molecule has 0 unspecified atom stereocenters. The smallest absolute Gasteiger partial charge is 0.326 e. The second kappa shape index (κ2) is 9.55. The van der Waals surface area contributed by atoms with Crippen molar-refractivity contribution in [3.05, 3.63) is 78.4 Å². The van der Waals surface area contributed by atoms with Crippen molar-refractivity contribution >= 4 is 40.8 Å². The predicted molar refractivity (Wildman–Crippen MR) is 134 cm³/mol. The number of imide groups is 1. The number of quaternary nitrogens is 1. The number of anilines is 2. The van der Waals surface area contributed by atoms with Crippen molar-refractivity contribution in [1.29, 1.82) is 0 Å². The van der Waals surface area contributed by atoms with Crippen LogP contribution in [0.3, 0.4) is 0 Å². The highest BCUT2D eigenvalue weighted by Gasteiger charge is 2.28. The van der Waals surface area contributed by atoms with Crippen LogP contribution < -0.4 is 20.4 Å². The van der Waals surface area contributed by atoms with E-state index < -0.39 is 11.8 Å². The Labute approximate surface area is 203 Å². The Morgan fingerprint density at radius 1 is 0.971 bits per heavy atom. The van der Waals surface area contributed by atoms with Crippen LogP contribution in [0.25, 0.3) is 5.70 Å². The quantitative estimate of drug-likeness (QED) is 0.452. The van der Waals surface area contributed by atoms with Gasteiger partial charge in [0.1, 0.15) is 0 Å². The molecule has 2 N–H and O–H groups in total. The average Bonchev–Trinajstić information content (AvgIpc) is 3.16. The van der Waals surface area contributed by atoms with Gasteiger partial charge in [-0.25, -0.2) is 9.69 Å². The molecular weight excluding hydrogens is 446 g/mol. The Bertz CT molecular complexity index is 1210. The second-order valence-corrected chi connectivity index (χ2v) is 9.11. The first kappa shape index (κ1) is 23.9. The summed E-state index contributed by atoms with van der Waals surface area (Å²) in [5, 5.41) is 5.72. The SMILES string of the molecule is C=C1NC(=O)N(CC[N+](C)(C)CCNC(=O)c2ccc(N3C(=O)C=CC3=O)cc2)c2ccccc21. The molecule has 9 nitrogen and oxygen atoms in total. The molecule has 0 atom stereocenters. The maximum absolute atomic E-state index is 12.6. The summed E-state index contributed by atoms with van der Waals surface area (Å²) in [5.74, 6) is -1.04. The fourth-order valence-corrected chi connectivity index (χ4v) is 4.03. The van der Waals surface area contributed by atoms with Crippen molar-refractivity contribution in [2.24, 2.45) is 0 Å². The van der Waals surface area contributed by atoms with Gasteiger partial charge >= 0.3 is 6.03 Å². The van der Waals surface area contributed by atoms with Crippen LogP contribution in [0.1, 0.15) is 15.9 Å². The maximum atomic E-state index is 12.6. The molecule has 180 valence electrons. The Hall–Kier alpha value is -4.24. The van der Waals surface area contributed by atoms with Crippen LogP contribution in [0.2, 0.25) is 0 Å². The Morgan fingerprint density at radius 2 is 1.63 bits per heavy atom. The topological polar surface area (TPSA) is 98.8 Å². The molecule has 5 amide bonds. The van der Waals surface area contributed by atoms with Gasteiger partial charge in [-0.3, -0.25) is 19.3 Å². The summed E-state index contributed by atoms with van der Waals surface area (Å²) in [6, 6.07) is 13.8. The molecule has 0 spiro atoms. The van der Waals surface area contributed by atoms with E-state index in [0.29, 0.717) is 47.6 Å². The highest BCUT2D eigenvalue weighted by molar-refractivity contribution is 6.28. The van der Waals surface area contributed by atoms with Gasteiger partial charge in [-0.05, 0) is 30.3 Å². The maximum Gasteiger partial charge on any atom is 0.326 e. The summed E-state index contributed by atoms with van der Waals surface area (Å²) in [6.45, 7) is 6.23. The van der Waals surface area contributed by atoms with Gasteiger partial charge in [0.2, 0.25) is 0 Å². The number of carbonyl (C=O) groups is 4. The van der Waals surface area contributed by atoms with E-state index >= 15 is 0 Å². The van der Waals surface area contributed by atoms with Crippen LogP contribution in [0.4, 0.5) is 16.2 Å². The van der Waals surface area contributed by atoms with E-state index in [1.165, 1.54) is 12.2 Å². The van der Waals surface area contributed by atoms with E-state index in [1.807, 2.05) is 38.4 Å². The minimum atomic E-state index is -0.400. The highest BCUT2D eigenvalue weighted by atomic mass is 16.2. The fourth-order valence-electron chi connectivity index (χ4n) is 4.03.